The highest BCUT2D eigenvalue weighted by Gasteiger charge is 2.21. The van der Waals surface area contributed by atoms with Crippen molar-refractivity contribution in [2.45, 2.75) is 51.8 Å². The second-order valence-corrected chi connectivity index (χ2v) is 5.39. The number of ether oxygens (including phenoxy) is 1. The molecule has 118 valence electrons. The SMILES string of the molecule is CCOC(C)c1noc(CN(C)C(=O)CC2CCCN2)n1. The Hall–Kier alpha value is -1.47. The normalized spacial score (nSPS) is 19.7. The van der Waals surface area contributed by atoms with Crippen LogP contribution >= 0.6 is 0 Å². The highest BCUT2D eigenvalue weighted by molar-refractivity contribution is 5.76. The van der Waals surface area contributed by atoms with Crippen LogP contribution in [0.1, 0.15) is 50.9 Å². The Kier molecular flexibility index (Phi) is 5.69. The lowest BCUT2D eigenvalue weighted by Crippen LogP contribution is -2.33. The maximum atomic E-state index is 12.1. The van der Waals surface area contributed by atoms with Crippen LogP contribution in [-0.4, -0.2) is 47.2 Å². The molecule has 21 heavy (non-hydrogen) atoms. The minimum Gasteiger partial charge on any atom is -0.371 e. The number of amides is 1. The van der Waals surface area contributed by atoms with Gasteiger partial charge in [0.1, 0.15) is 6.10 Å². The van der Waals surface area contributed by atoms with Crippen LogP contribution in [0.4, 0.5) is 0 Å². The Balaban J connectivity index is 1.84. The quantitative estimate of drug-likeness (QED) is 0.816. The van der Waals surface area contributed by atoms with Gasteiger partial charge in [-0.05, 0) is 33.2 Å². The first-order chi connectivity index (χ1) is 10.1. The van der Waals surface area contributed by atoms with Gasteiger partial charge in [0, 0.05) is 26.1 Å². The van der Waals surface area contributed by atoms with Crippen LogP contribution in [-0.2, 0) is 16.1 Å². The average Bonchev–Trinajstić information content (AvgIpc) is 3.10. The third kappa shape index (κ3) is 4.50. The molecule has 1 N–H and O–H groups in total. The van der Waals surface area contributed by atoms with Crippen molar-refractivity contribution < 1.29 is 14.1 Å². The van der Waals surface area contributed by atoms with Crippen LogP contribution < -0.4 is 5.32 Å². The highest BCUT2D eigenvalue weighted by Crippen LogP contribution is 2.14. The van der Waals surface area contributed by atoms with Gasteiger partial charge in [-0.15, -0.1) is 0 Å². The van der Waals surface area contributed by atoms with Crippen LogP contribution in [0.5, 0.6) is 0 Å². The van der Waals surface area contributed by atoms with Gasteiger partial charge in [0.25, 0.3) is 0 Å². The lowest BCUT2D eigenvalue weighted by molar-refractivity contribution is -0.131. The van der Waals surface area contributed by atoms with E-state index in [1.165, 1.54) is 0 Å². The number of carbonyl (C=O) groups is 1. The molecular weight excluding hydrogens is 272 g/mol. The maximum Gasteiger partial charge on any atom is 0.246 e. The van der Waals surface area contributed by atoms with E-state index in [4.69, 9.17) is 9.26 Å². The topological polar surface area (TPSA) is 80.5 Å². The molecule has 7 heteroatoms. The summed E-state index contributed by atoms with van der Waals surface area (Å²) in [6, 6.07) is 0.302. The Morgan fingerprint density at radius 1 is 1.62 bits per heavy atom. The van der Waals surface area contributed by atoms with E-state index in [1.807, 2.05) is 13.8 Å². The number of hydrogen-bond donors (Lipinski definition) is 1. The first-order valence-corrected chi connectivity index (χ1v) is 7.51. The molecule has 7 nitrogen and oxygen atoms in total. The summed E-state index contributed by atoms with van der Waals surface area (Å²) in [6.07, 6.45) is 2.53. The first-order valence-electron chi connectivity index (χ1n) is 7.51. The number of nitrogens with one attached hydrogen (secondary N) is 1. The van der Waals surface area contributed by atoms with E-state index in [-0.39, 0.29) is 12.0 Å². The van der Waals surface area contributed by atoms with Crippen molar-refractivity contribution >= 4 is 5.91 Å². The molecule has 2 rings (SSSR count). The van der Waals surface area contributed by atoms with E-state index in [2.05, 4.69) is 15.5 Å². The summed E-state index contributed by atoms with van der Waals surface area (Å²) in [4.78, 5) is 18.0. The van der Waals surface area contributed by atoms with Gasteiger partial charge in [0.15, 0.2) is 5.82 Å². The summed E-state index contributed by atoms with van der Waals surface area (Å²) in [5.41, 5.74) is 0. The molecule has 2 atom stereocenters. The van der Waals surface area contributed by atoms with Gasteiger partial charge in [-0.1, -0.05) is 5.16 Å². The minimum absolute atomic E-state index is 0.0898. The third-order valence-corrected chi connectivity index (χ3v) is 3.65. The largest absolute Gasteiger partial charge is 0.371 e. The summed E-state index contributed by atoms with van der Waals surface area (Å²) in [6.45, 7) is 5.72. The molecule has 1 aromatic heterocycles. The van der Waals surface area contributed by atoms with Gasteiger partial charge in [0.2, 0.25) is 11.8 Å². The molecule has 0 radical (unpaired) electrons. The van der Waals surface area contributed by atoms with Crippen LogP contribution in [0, 0.1) is 0 Å². The molecule has 1 fully saturated rings. The summed E-state index contributed by atoms with van der Waals surface area (Å²) < 4.78 is 10.6. The zero-order valence-corrected chi connectivity index (χ0v) is 13.0. The Morgan fingerprint density at radius 3 is 3.10 bits per heavy atom. The number of nitrogens with zero attached hydrogens (tertiary/aromatic N) is 3. The summed E-state index contributed by atoms with van der Waals surface area (Å²) in [5.74, 6) is 1.05. The van der Waals surface area contributed by atoms with Crippen molar-refractivity contribution in [2.75, 3.05) is 20.2 Å². The molecule has 2 heterocycles. The predicted molar refractivity (Wildman–Crippen MR) is 76.5 cm³/mol. The molecule has 1 aliphatic rings. The van der Waals surface area contributed by atoms with Crippen LogP contribution in [0.3, 0.4) is 0 Å². The van der Waals surface area contributed by atoms with Gasteiger partial charge in [0.05, 0.1) is 6.54 Å². The number of aromatic nitrogens is 2. The van der Waals surface area contributed by atoms with Gasteiger partial charge < -0.3 is 19.5 Å². The molecule has 1 aliphatic heterocycles. The number of rotatable bonds is 7. The molecule has 0 saturated carbocycles. The highest BCUT2D eigenvalue weighted by atomic mass is 16.5. The van der Waals surface area contributed by atoms with E-state index in [0.717, 1.165) is 19.4 Å². The van der Waals surface area contributed by atoms with Crippen molar-refractivity contribution in [3.8, 4) is 0 Å². The Bertz CT molecular complexity index is 457. The predicted octanol–water partition coefficient (Wildman–Crippen LogP) is 1.27. The molecule has 2 unspecified atom stereocenters. The van der Waals surface area contributed by atoms with Gasteiger partial charge in [-0.2, -0.15) is 4.98 Å². The van der Waals surface area contributed by atoms with E-state index in [0.29, 0.717) is 37.3 Å². The monoisotopic (exact) mass is 296 g/mol. The number of carbonyl (C=O) groups excluding carboxylic acids is 1. The third-order valence-electron chi connectivity index (χ3n) is 3.65. The summed E-state index contributed by atoms with van der Waals surface area (Å²) in [7, 11) is 1.76. The second-order valence-electron chi connectivity index (χ2n) is 5.39. The fourth-order valence-corrected chi connectivity index (χ4v) is 2.41. The molecule has 1 saturated heterocycles. The minimum atomic E-state index is -0.198. The average molecular weight is 296 g/mol. The lowest BCUT2D eigenvalue weighted by atomic mass is 10.1. The molecule has 0 bridgehead atoms. The molecular formula is C14H24N4O3. The molecule has 0 aromatic carbocycles. The Morgan fingerprint density at radius 2 is 2.43 bits per heavy atom. The van der Waals surface area contributed by atoms with Crippen molar-refractivity contribution in [3.05, 3.63) is 11.7 Å². The van der Waals surface area contributed by atoms with E-state index < -0.39 is 0 Å². The van der Waals surface area contributed by atoms with Gasteiger partial charge >= 0.3 is 0 Å². The van der Waals surface area contributed by atoms with Crippen LogP contribution in [0.2, 0.25) is 0 Å². The maximum absolute atomic E-state index is 12.1. The fourth-order valence-electron chi connectivity index (χ4n) is 2.41. The van der Waals surface area contributed by atoms with E-state index >= 15 is 0 Å². The van der Waals surface area contributed by atoms with Gasteiger partial charge in [-0.3, -0.25) is 4.79 Å². The van der Waals surface area contributed by atoms with Gasteiger partial charge in [-0.25, -0.2) is 0 Å². The molecule has 1 amide bonds. The molecule has 0 spiro atoms. The zero-order chi connectivity index (χ0) is 15.2. The van der Waals surface area contributed by atoms with Crippen molar-refractivity contribution in [3.63, 3.8) is 0 Å². The Labute approximate surface area is 125 Å². The van der Waals surface area contributed by atoms with Crippen molar-refractivity contribution in [2.24, 2.45) is 0 Å². The second kappa shape index (κ2) is 7.51. The number of hydrogen-bond acceptors (Lipinski definition) is 6. The smallest absolute Gasteiger partial charge is 0.246 e. The zero-order valence-electron chi connectivity index (χ0n) is 13.0. The van der Waals surface area contributed by atoms with Crippen LogP contribution in [0.25, 0.3) is 0 Å². The summed E-state index contributed by atoms with van der Waals surface area (Å²) in [5, 5.41) is 7.21. The summed E-state index contributed by atoms with van der Waals surface area (Å²) >= 11 is 0. The first kappa shape index (κ1) is 15.9. The lowest BCUT2D eigenvalue weighted by Gasteiger charge is -2.17. The van der Waals surface area contributed by atoms with Crippen molar-refractivity contribution in [1.82, 2.24) is 20.4 Å². The fraction of sp³-hybridized carbons (Fsp3) is 0.786. The van der Waals surface area contributed by atoms with Crippen molar-refractivity contribution in [1.29, 1.82) is 0 Å². The van der Waals surface area contributed by atoms with E-state index in [9.17, 15) is 4.79 Å². The molecule has 0 aliphatic carbocycles. The van der Waals surface area contributed by atoms with E-state index in [1.54, 1.807) is 11.9 Å². The molecule has 1 aromatic rings. The standard InChI is InChI=1S/C14H24N4O3/c1-4-20-10(2)14-16-12(21-17-14)9-18(3)13(19)8-11-6-5-7-15-11/h10-11,15H,4-9H2,1-3H3. The van der Waals surface area contributed by atoms with Crippen LogP contribution in [0.15, 0.2) is 4.52 Å².